The van der Waals surface area contributed by atoms with Crippen molar-refractivity contribution in [2.24, 2.45) is 17.8 Å². The molecule has 0 saturated carbocycles. The number of halogens is 5. The van der Waals surface area contributed by atoms with Crippen LogP contribution in [0.1, 0.15) is 116 Å². The van der Waals surface area contributed by atoms with E-state index in [-0.39, 0.29) is 5.75 Å². The number of hydrogen-bond acceptors (Lipinski definition) is 3. The molecule has 1 aromatic rings. The molecule has 0 aromatic heterocycles. The number of rotatable bonds is 14. The number of carbonyl (C=O) groups excluding carboxylic acids is 1. The smallest absolute Gasteiger partial charge is 0.465 e. The van der Waals surface area contributed by atoms with Crippen molar-refractivity contribution in [3.63, 3.8) is 0 Å². The fourth-order valence-corrected chi connectivity index (χ4v) is 5.42. The van der Waals surface area contributed by atoms with Crippen LogP contribution >= 0.6 is 0 Å². The molecule has 3 nitrogen and oxygen atoms in total. The second-order valence-electron chi connectivity index (χ2n) is 12.5. The number of benzene rings is 1. The van der Waals surface area contributed by atoms with Crippen LogP contribution in [0.2, 0.25) is 0 Å². The lowest BCUT2D eigenvalue weighted by molar-refractivity contribution is -0.276. The molecule has 0 amide bonds. The van der Waals surface area contributed by atoms with Crippen molar-refractivity contribution in [2.75, 3.05) is 0 Å². The monoisotopic (exact) mass is 562 g/mol. The van der Waals surface area contributed by atoms with Gasteiger partial charge in [-0.2, -0.15) is 22.0 Å². The summed E-state index contributed by atoms with van der Waals surface area (Å²) in [6, 6.07) is 1.30. The van der Waals surface area contributed by atoms with Gasteiger partial charge in [0.1, 0.15) is 17.1 Å². The van der Waals surface area contributed by atoms with Gasteiger partial charge in [0.15, 0.2) is 0 Å². The molecule has 224 valence electrons. The molecule has 3 unspecified atom stereocenters. The third-order valence-electron chi connectivity index (χ3n) is 8.14. The van der Waals surface area contributed by atoms with E-state index in [0.717, 1.165) is 31.1 Å². The van der Waals surface area contributed by atoms with Crippen molar-refractivity contribution in [3.8, 4) is 11.5 Å². The lowest BCUT2D eigenvalue weighted by Crippen LogP contribution is -2.46. The molecule has 0 fully saturated rings. The van der Waals surface area contributed by atoms with Gasteiger partial charge in [-0.15, -0.1) is 0 Å². The standard InChI is InChI=1S/C31H47F5O3/c1-20(2)11-8-12-21(3)13-9-14-22(4)15-10-17-29(7)18-16-25-24(6)26(19-23(5)27(25)39-29)38-28(37)30(32,33)31(34,35)36/h19-22H,8-18H2,1-7H3. The second kappa shape index (κ2) is 13.7. The van der Waals surface area contributed by atoms with Crippen LogP contribution < -0.4 is 9.47 Å². The Morgan fingerprint density at radius 2 is 1.49 bits per heavy atom. The average Bonchev–Trinajstić information content (AvgIpc) is 2.81. The molecule has 0 spiro atoms. The number of esters is 1. The Kier molecular flexibility index (Phi) is 11.7. The molecule has 2 rings (SSSR count). The first-order valence-electron chi connectivity index (χ1n) is 14.5. The number of alkyl halides is 5. The van der Waals surface area contributed by atoms with Gasteiger partial charge < -0.3 is 9.47 Å². The van der Waals surface area contributed by atoms with Gasteiger partial charge in [-0.3, -0.25) is 0 Å². The number of fused-ring (bicyclic) bond motifs is 1. The van der Waals surface area contributed by atoms with Crippen molar-refractivity contribution >= 4 is 5.97 Å². The number of hydrogen-bond donors (Lipinski definition) is 0. The highest BCUT2D eigenvalue weighted by Crippen LogP contribution is 2.44. The van der Waals surface area contributed by atoms with Crippen LogP contribution in [0, 0.1) is 31.6 Å². The second-order valence-corrected chi connectivity index (χ2v) is 12.5. The minimum Gasteiger partial charge on any atom is -0.487 e. The minimum atomic E-state index is -6.02. The SMILES string of the molecule is Cc1cc(OC(=O)C(F)(F)C(F)(F)F)c(C)c2c1OC(C)(CCCC(C)CCCC(C)CCCC(C)C)CC2. The largest absolute Gasteiger partial charge is 0.487 e. The van der Waals surface area contributed by atoms with E-state index in [2.05, 4.69) is 39.4 Å². The first-order chi connectivity index (χ1) is 18.0. The zero-order valence-electron chi connectivity index (χ0n) is 24.7. The highest BCUT2D eigenvalue weighted by atomic mass is 19.4. The van der Waals surface area contributed by atoms with E-state index in [1.165, 1.54) is 44.6 Å². The third kappa shape index (κ3) is 9.34. The van der Waals surface area contributed by atoms with Crippen molar-refractivity contribution in [1.82, 2.24) is 0 Å². The van der Waals surface area contributed by atoms with Gasteiger partial charge in [-0.25, -0.2) is 4.79 Å². The molecular formula is C31H47F5O3. The maximum absolute atomic E-state index is 13.4. The van der Waals surface area contributed by atoms with Crippen LogP contribution in [0.3, 0.4) is 0 Å². The molecule has 39 heavy (non-hydrogen) atoms. The van der Waals surface area contributed by atoms with E-state index in [9.17, 15) is 26.7 Å². The zero-order chi connectivity index (χ0) is 29.6. The third-order valence-corrected chi connectivity index (χ3v) is 8.14. The van der Waals surface area contributed by atoms with Crippen LogP contribution in [0.15, 0.2) is 6.07 Å². The molecule has 1 aliphatic heterocycles. The number of carbonyl (C=O) groups is 1. The van der Waals surface area contributed by atoms with Crippen LogP contribution in [-0.4, -0.2) is 23.7 Å². The summed E-state index contributed by atoms with van der Waals surface area (Å²) in [7, 11) is 0. The summed E-state index contributed by atoms with van der Waals surface area (Å²) < 4.78 is 75.4. The fraction of sp³-hybridized carbons (Fsp3) is 0.774. The maximum Gasteiger partial charge on any atom is 0.465 e. The van der Waals surface area contributed by atoms with Crippen molar-refractivity contribution in [2.45, 2.75) is 137 Å². The van der Waals surface area contributed by atoms with Crippen LogP contribution in [0.5, 0.6) is 11.5 Å². The van der Waals surface area contributed by atoms with E-state index in [1.807, 2.05) is 0 Å². The summed E-state index contributed by atoms with van der Waals surface area (Å²) in [6.45, 7) is 14.5. The molecule has 0 N–H and O–H groups in total. The Bertz CT molecular complexity index is 957. The van der Waals surface area contributed by atoms with E-state index in [1.54, 1.807) is 13.8 Å². The van der Waals surface area contributed by atoms with Gasteiger partial charge in [0.05, 0.1) is 0 Å². The van der Waals surface area contributed by atoms with E-state index in [4.69, 9.17) is 4.74 Å². The topological polar surface area (TPSA) is 35.5 Å². The number of aryl methyl sites for hydroxylation is 1. The lowest BCUT2D eigenvalue weighted by Gasteiger charge is -2.38. The molecule has 0 radical (unpaired) electrons. The molecule has 1 aromatic carbocycles. The molecule has 0 bridgehead atoms. The molecule has 8 heteroatoms. The van der Waals surface area contributed by atoms with Crippen LogP contribution in [0.4, 0.5) is 22.0 Å². The highest BCUT2D eigenvalue weighted by molar-refractivity contribution is 5.81. The van der Waals surface area contributed by atoms with Gasteiger partial charge in [0.25, 0.3) is 0 Å². The normalized spacial score (nSPS) is 19.4. The zero-order valence-corrected chi connectivity index (χ0v) is 24.7. The fourth-order valence-electron chi connectivity index (χ4n) is 5.42. The maximum atomic E-state index is 13.4. The number of ether oxygens (including phenoxy) is 2. The molecular weight excluding hydrogens is 515 g/mol. The molecule has 3 atom stereocenters. The summed E-state index contributed by atoms with van der Waals surface area (Å²) in [5, 5.41) is 0. The quantitative estimate of drug-likeness (QED) is 0.129. The van der Waals surface area contributed by atoms with Crippen molar-refractivity contribution < 1.29 is 36.2 Å². The van der Waals surface area contributed by atoms with Gasteiger partial charge in [-0.05, 0) is 81.4 Å². The Hall–Kier alpha value is -1.86. The van der Waals surface area contributed by atoms with Crippen molar-refractivity contribution in [3.05, 3.63) is 22.8 Å². The molecule has 0 aliphatic carbocycles. The summed E-state index contributed by atoms with van der Waals surface area (Å²) in [4.78, 5) is 11.6. The summed E-state index contributed by atoms with van der Waals surface area (Å²) in [6.07, 6.45) is 5.93. The summed E-state index contributed by atoms with van der Waals surface area (Å²) in [5.74, 6) is -5.71. The first-order valence-corrected chi connectivity index (χ1v) is 14.5. The predicted octanol–water partition coefficient (Wildman–Crippen LogP) is 9.93. The lowest BCUT2D eigenvalue weighted by atomic mass is 9.84. The molecule has 1 heterocycles. The van der Waals surface area contributed by atoms with E-state index in [0.29, 0.717) is 41.2 Å². The predicted molar refractivity (Wildman–Crippen MR) is 145 cm³/mol. The average molecular weight is 563 g/mol. The summed E-state index contributed by atoms with van der Waals surface area (Å²) in [5.41, 5.74) is 1.17. The van der Waals surface area contributed by atoms with E-state index < -0.39 is 23.7 Å². The van der Waals surface area contributed by atoms with Gasteiger partial charge >= 0.3 is 18.1 Å². The Morgan fingerprint density at radius 3 is 2.03 bits per heavy atom. The van der Waals surface area contributed by atoms with Gasteiger partial charge in [0, 0.05) is 5.56 Å². The minimum absolute atomic E-state index is 0.296. The first kappa shape index (κ1) is 33.3. The Balaban J connectivity index is 1.89. The summed E-state index contributed by atoms with van der Waals surface area (Å²) >= 11 is 0. The van der Waals surface area contributed by atoms with Crippen LogP contribution in [0.25, 0.3) is 0 Å². The molecule has 1 aliphatic rings. The van der Waals surface area contributed by atoms with Crippen molar-refractivity contribution in [1.29, 1.82) is 0 Å². The van der Waals surface area contributed by atoms with Crippen LogP contribution in [-0.2, 0) is 11.2 Å². The van der Waals surface area contributed by atoms with Gasteiger partial charge in [0.2, 0.25) is 0 Å². The highest BCUT2D eigenvalue weighted by Gasteiger charge is 2.65. The molecule has 0 saturated heterocycles. The van der Waals surface area contributed by atoms with Gasteiger partial charge in [-0.1, -0.05) is 72.6 Å². The van der Waals surface area contributed by atoms with E-state index >= 15 is 0 Å². The Morgan fingerprint density at radius 1 is 0.949 bits per heavy atom. The Labute approximate surface area is 231 Å².